The number of carbonyl (C=O) groups excluding carboxylic acids is 2. The van der Waals surface area contributed by atoms with Gasteiger partial charge in [-0.05, 0) is 13.0 Å². The van der Waals surface area contributed by atoms with Crippen LogP contribution in [0.15, 0.2) is 29.6 Å². The molecule has 0 amide bonds. The summed E-state index contributed by atoms with van der Waals surface area (Å²) in [7, 11) is 0. The van der Waals surface area contributed by atoms with E-state index in [2.05, 4.69) is 9.97 Å². The minimum Gasteiger partial charge on any atom is -0.298 e. The molecule has 0 fully saturated rings. The third kappa shape index (κ3) is 2.75. The van der Waals surface area contributed by atoms with Crippen molar-refractivity contribution in [2.75, 3.05) is 0 Å². The number of ketones is 1. The van der Waals surface area contributed by atoms with Crippen molar-refractivity contribution in [2.45, 2.75) is 13.8 Å². The van der Waals surface area contributed by atoms with Crippen molar-refractivity contribution in [2.24, 2.45) is 0 Å². The van der Waals surface area contributed by atoms with Crippen LogP contribution in [0.1, 0.15) is 32.0 Å². The number of Topliss-reactive ketones (excluding diaryl/α,β-unsaturated/α-hetero) is 1. The van der Waals surface area contributed by atoms with Crippen molar-refractivity contribution >= 4 is 34.7 Å². The first-order chi connectivity index (χ1) is 10.6. The zero-order chi connectivity index (χ0) is 15.7. The van der Waals surface area contributed by atoms with Gasteiger partial charge in [-0.3, -0.25) is 9.59 Å². The summed E-state index contributed by atoms with van der Waals surface area (Å²) in [6.07, 6.45) is 0.786. The van der Waals surface area contributed by atoms with E-state index in [4.69, 9.17) is 0 Å². The Bertz CT molecular complexity index is 865. The van der Waals surface area contributed by atoms with Crippen molar-refractivity contribution in [1.82, 2.24) is 9.97 Å². The molecule has 1 aromatic carbocycles. The van der Waals surface area contributed by atoms with Crippen LogP contribution in [0.2, 0.25) is 0 Å². The topological polar surface area (TPSA) is 59.9 Å². The minimum atomic E-state index is -0.0396. The van der Waals surface area contributed by atoms with Crippen LogP contribution in [0.3, 0.4) is 0 Å². The molecule has 22 heavy (non-hydrogen) atoms. The number of hydrogen-bond donors (Lipinski definition) is 0. The van der Waals surface area contributed by atoms with E-state index in [0.717, 1.165) is 27.6 Å². The molecule has 6 heteroatoms. The van der Waals surface area contributed by atoms with Gasteiger partial charge in [-0.1, -0.05) is 18.2 Å². The van der Waals surface area contributed by atoms with Gasteiger partial charge >= 0.3 is 0 Å². The van der Waals surface area contributed by atoms with Gasteiger partial charge in [0, 0.05) is 23.4 Å². The van der Waals surface area contributed by atoms with E-state index in [1.165, 1.54) is 18.3 Å². The summed E-state index contributed by atoms with van der Waals surface area (Å²) in [5.74, 6) is -0.0396. The smallest absolute Gasteiger partial charge is 0.172 e. The predicted molar refractivity (Wildman–Crippen MR) is 88.8 cm³/mol. The van der Waals surface area contributed by atoms with Crippen molar-refractivity contribution in [3.8, 4) is 22.0 Å². The predicted octanol–water partition coefficient (Wildman–Crippen LogP) is 4.26. The largest absolute Gasteiger partial charge is 0.298 e. The second-order valence-corrected chi connectivity index (χ2v) is 6.81. The normalized spacial score (nSPS) is 10.6. The van der Waals surface area contributed by atoms with Gasteiger partial charge in [0.2, 0.25) is 0 Å². The maximum atomic E-state index is 11.9. The molecule has 0 radical (unpaired) electrons. The Morgan fingerprint density at radius 1 is 1.27 bits per heavy atom. The van der Waals surface area contributed by atoms with Gasteiger partial charge in [-0.2, -0.15) is 0 Å². The van der Waals surface area contributed by atoms with E-state index in [0.29, 0.717) is 16.1 Å². The van der Waals surface area contributed by atoms with Gasteiger partial charge in [0.15, 0.2) is 5.78 Å². The lowest BCUT2D eigenvalue weighted by Crippen LogP contribution is -1.92. The number of aromatic nitrogens is 2. The summed E-state index contributed by atoms with van der Waals surface area (Å²) >= 11 is 2.89. The highest BCUT2D eigenvalue weighted by molar-refractivity contribution is 7.17. The lowest BCUT2D eigenvalue weighted by molar-refractivity contribution is 0.102. The molecule has 2 heterocycles. The first-order valence-electron chi connectivity index (χ1n) is 6.58. The van der Waals surface area contributed by atoms with E-state index in [1.54, 1.807) is 29.5 Å². The molecule has 0 bridgehead atoms. The number of aryl methyl sites for hydroxylation is 1. The van der Waals surface area contributed by atoms with E-state index in [1.807, 2.05) is 18.4 Å². The highest BCUT2D eigenvalue weighted by Crippen LogP contribution is 2.34. The van der Waals surface area contributed by atoms with Gasteiger partial charge < -0.3 is 0 Å². The summed E-state index contributed by atoms with van der Waals surface area (Å²) in [5.41, 5.74) is 2.73. The van der Waals surface area contributed by atoms with Gasteiger partial charge in [0.05, 0.1) is 15.6 Å². The Hall–Kier alpha value is -2.18. The highest BCUT2D eigenvalue weighted by atomic mass is 32.1. The number of nitrogens with zero attached hydrogens (tertiary/aromatic N) is 2. The molecule has 0 saturated carbocycles. The lowest BCUT2D eigenvalue weighted by atomic mass is 10.1. The fourth-order valence-electron chi connectivity index (χ4n) is 2.08. The number of thiazole rings is 2. The Kier molecular flexibility index (Phi) is 3.96. The van der Waals surface area contributed by atoms with Crippen LogP contribution >= 0.6 is 22.7 Å². The molecule has 3 aromatic rings. The molecule has 0 aliphatic heterocycles. The molecule has 0 N–H and O–H groups in total. The second-order valence-electron chi connectivity index (χ2n) is 4.75. The van der Waals surface area contributed by atoms with Gasteiger partial charge in [0.25, 0.3) is 0 Å². The fraction of sp³-hybridized carbons (Fsp3) is 0.125. The van der Waals surface area contributed by atoms with E-state index < -0.39 is 0 Å². The second kappa shape index (κ2) is 5.90. The summed E-state index contributed by atoms with van der Waals surface area (Å²) in [6, 6.07) is 7.10. The van der Waals surface area contributed by atoms with Crippen LogP contribution in [0, 0.1) is 6.92 Å². The molecule has 2 aromatic heterocycles. The zero-order valence-electron chi connectivity index (χ0n) is 12.0. The quantitative estimate of drug-likeness (QED) is 0.530. The maximum Gasteiger partial charge on any atom is 0.172 e. The molecule has 0 aliphatic rings. The number of hydrogen-bond acceptors (Lipinski definition) is 6. The molecule has 0 saturated heterocycles. The monoisotopic (exact) mass is 328 g/mol. The molecule has 0 aliphatic carbocycles. The third-order valence-corrected chi connectivity index (χ3v) is 5.03. The van der Waals surface area contributed by atoms with Crippen molar-refractivity contribution in [1.29, 1.82) is 0 Å². The number of aldehydes is 1. The molecule has 0 unspecified atom stereocenters. The van der Waals surface area contributed by atoms with Crippen LogP contribution in [0.25, 0.3) is 22.0 Å². The Labute approximate surface area is 135 Å². The standard InChI is InChI=1S/C16H12N2O2S2/c1-9(20)15-14(12-5-3-4-11(6-12)7-19)18-16(22-15)13-8-21-10(2)17-13/h3-8H,1-2H3. The molecule has 110 valence electrons. The van der Waals surface area contributed by atoms with Crippen LogP contribution in [0.4, 0.5) is 0 Å². The van der Waals surface area contributed by atoms with Crippen LogP contribution in [0.5, 0.6) is 0 Å². The van der Waals surface area contributed by atoms with E-state index in [9.17, 15) is 9.59 Å². The summed E-state index contributed by atoms with van der Waals surface area (Å²) in [5, 5.41) is 3.61. The summed E-state index contributed by atoms with van der Waals surface area (Å²) in [6.45, 7) is 3.46. The molecule has 3 rings (SSSR count). The van der Waals surface area contributed by atoms with Crippen molar-refractivity contribution in [3.63, 3.8) is 0 Å². The van der Waals surface area contributed by atoms with Gasteiger partial charge in [-0.25, -0.2) is 9.97 Å². The molecule has 0 spiro atoms. The molecular formula is C16H12N2O2S2. The molecule has 4 nitrogen and oxygen atoms in total. The number of benzene rings is 1. The lowest BCUT2D eigenvalue weighted by Gasteiger charge is -2.00. The third-order valence-electron chi connectivity index (χ3n) is 3.08. The van der Waals surface area contributed by atoms with Crippen LogP contribution < -0.4 is 0 Å². The maximum absolute atomic E-state index is 11.9. The highest BCUT2D eigenvalue weighted by Gasteiger charge is 2.19. The van der Waals surface area contributed by atoms with Crippen LogP contribution in [-0.2, 0) is 0 Å². The number of carbonyl (C=O) groups is 2. The average molecular weight is 328 g/mol. The minimum absolute atomic E-state index is 0.0396. The average Bonchev–Trinajstić information content (AvgIpc) is 3.13. The Morgan fingerprint density at radius 3 is 2.73 bits per heavy atom. The zero-order valence-corrected chi connectivity index (χ0v) is 13.6. The first kappa shape index (κ1) is 14.7. The van der Waals surface area contributed by atoms with Crippen molar-refractivity contribution < 1.29 is 9.59 Å². The number of rotatable bonds is 4. The van der Waals surface area contributed by atoms with E-state index >= 15 is 0 Å². The van der Waals surface area contributed by atoms with E-state index in [-0.39, 0.29) is 5.78 Å². The summed E-state index contributed by atoms with van der Waals surface area (Å²) in [4.78, 5) is 32.5. The summed E-state index contributed by atoms with van der Waals surface area (Å²) < 4.78 is 0. The van der Waals surface area contributed by atoms with Gasteiger partial charge in [0.1, 0.15) is 17.0 Å². The molecule has 0 atom stereocenters. The van der Waals surface area contributed by atoms with Crippen molar-refractivity contribution in [3.05, 3.63) is 45.1 Å². The van der Waals surface area contributed by atoms with Gasteiger partial charge in [-0.15, -0.1) is 22.7 Å². The fourth-order valence-corrected chi connectivity index (χ4v) is 3.70. The first-order valence-corrected chi connectivity index (χ1v) is 8.28. The Morgan fingerprint density at radius 2 is 2.09 bits per heavy atom. The van der Waals surface area contributed by atoms with Crippen LogP contribution in [-0.4, -0.2) is 22.0 Å². The molecular weight excluding hydrogens is 316 g/mol. The Balaban J connectivity index is 2.15. The SMILES string of the molecule is CC(=O)c1sc(-c2csc(C)n2)nc1-c1cccc(C=O)c1.